The van der Waals surface area contributed by atoms with E-state index in [9.17, 15) is 4.79 Å². The summed E-state index contributed by atoms with van der Waals surface area (Å²) in [5.74, 6) is 4.54. The Morgan fingerprint density at radius 1 is 1.39 bits per heavy atom. The van der Waals surface area contributed by atoms with Crippen LogP contribution in [0.25, 0.3) is 0 Å². The van der Waals surface area contributed by atoms with Gasteiger partial charge in [0.2, 0.25) is 5.91 Å². The lowest BCUT2D eigenvalue weighted by atomic mass is 9.56. The summed E-state index contributed by atoms with van der Waals surface area (Å²) >= 11 is 0. The number of carbonyl (C=O) groups is 1. The molecular weight excluding hydrogens is 284 g/mol. The van der Waals surface area contributed by atoms with Crippen molar-refractivity contribution in [2.75, 3.05) is 13.1 Å². The van der Waals surface area contributed by atoms with Crippen LogP contribution in [-0.2, 0) is 10.2 Å². The Bertz CT molecular complexity index is 623. The molecular formula is C20H24N2O. The van der Waals surface area contributed by atoms with Crippen molar-refractivity contribution in [2.24, 2.45) is 17.8 Å². The maximum absolute atomic E-state index is 13.1. The molecule has 0 N–H and O–H groups in total. The third-order valence-corrected chi connectivity index (χ3v) is 6.49. The average molecular weight is 308 g/mol. The number of piperidine rings is 1. The van der Waals surface area contributed by atoms with Gasteiger partial charge in [-0.1, -0.05) is 6.07 Å². The molecule has 23 heavy (non-hydrogen) atoms. The first kappa shape index (κ1) is 14.8. The van der Waals surface area contributed by atoms with E-state index in [4.69, 9.17) is 6.42 Å². The van der Waals surface area contributed by atoms with Crippen molar-refractivity contribution in [1.82, 2.24) is 9.88 Å². The summed E-state index contributed by atoms with van der Waals surface area (Å²) in [5.41, 5.74) is 1.35. The van der Waals surface area contributed by atoms with Crippen LogP contribution in [0.15, 0.2) is 24.5 Å². The highest BCUT2D eigenvalue weighted by molar-refractivity contribution is 5.83. The molecule has 4 fully saturated rings. The van der Waals surface area contributed by atoms with E-state index < -0.39 is 0 Å². The zero-order valence-electron chi connectivity index (χ0n) is 13.6. The molecule has 0 spiro atoms. The molecule has 1 aliphatic heterocycles. The summed E-state index contributed by atoms with van der Waals surface area (Å²) in [6.07, 6.45) is 15.7. The highest BCUT2D eigenvalue weighted by Gasteiger charge is 2.63. The Morgan fingerprint density at radius 3 is 2.87 bits per heavy atom. The van der Waals surface area contributed by atoms with Crippen molar-refractivity contribution < 1.29 is 4.79 Å². The Balaban J connectivity index is 1.48. The van der Waals surface area contributed by atoms with E-state index in [-0.39, 0.29) is 11.3 Å². The fourth-order valence-corrected chi connectivity index (χ4v) is 5.23. The van der Waals surface area contributed by atoms with Gasteiger partial charge in [0.1, 0.15) is 0 Å². The predicted octanol–water partition coefficient (Wildman–Crippen LogP) is 3.01. The summed E-state index contributed by atoms with van der Waals surface area (Å²) in [7, 11) is 0. The van der Waals surface area contributed by atoms with Gasteiger partial charge in [-0.2, -0.15) is 0 Å². The largest absolute Gasteiger partial charge is 0.342 e. The van der Waals surface area contributed by atoms with E-state index in [2.05, 4.69) is 21.9 Å². The quantitative estimate of drug-likeness (QED) is 0.804. The Hall–Kier alpha value is -1.82. The van der Waals surface area contributed by atoms with Crippen molar-refractivity contribution in [3.63, 3.8) is 0 Å². The number of aromatic nitrogens is 1. The van der Waals surface area contributed by atoms with Crippen molar-refractivity contribution in [3.8, 4) is 12.3 Å². The minimum Gasteiger partial charge on any atom is -0.342 e. The zero-order chi connectivity index (χ0) is 15.9. The number of nitrogens with zero attached hydrogens (tertiary/aromatic N) is 2. The summed E-state index contributed by atoms with van der Waals surface area (Å²) in [5, 5.41) is 0. The predicted molar refractivity (Wildman–Crippen MR) is 89.5 cm³/mol. The minimum atomic E-state index is 0.0751. The maximum atomic E-state index is 13.1. The molecule has 4 aliphatic rings. The van der Waals surface area contributed by atoms with Gasteiger partial charge in [0.25, 0.3) is 0 Å². The van der Waals surface area contributed by atoms with Gasteiger partial charge in [0.05, 0.1) is 5.92 Å². The van der Waals surface area contributed by atoms with Crippen LogP contribution in [0.5, 0.6) is 0 Å². The molecule has 3 nitrogen and oxygen atoms in total. The molecule has 3 atom stereocenters. The van der Waals surface area contributed by atoms with Crippen LogP contribution in [0.1, 0.15) is 44.1 Å². The van der Waals surface area contributed by atoms with Crippen molar-refractivity contribution in [2.45, 2.75) is 43.9 Å². The lowest BCUT2D eigenvalue weighted by molar-refractivity contribution is -0.145. The summed E-state index contributed by atoms with van der Waals surface area (Å²) < 4.78 is 0. The third-order valence-electron chi connectivity index (χ3n) is 6.49. The number of terminal acetylenes is 1. The molecule has 0 radical (unpaired) electrons. The number of rotatable bonds is 3. The molecule has 120 valence electrons. The van der Waals surface area contributed by atoms with Gasteiger partial charge < -0.3 is 4.90 Å². The molecule has 5 rings (SSSR count). The fourth-order valence-electron chi connectivity index (χ4n) is 5.23. The number of amides is 1. The van der Waals surface area contributed by atoms with E-state index in [0.717, 1.165) is 38.8 Å². The van der Waals surface area contributed by atoms with Gasteiger partial charge in [-0.3, -0.25) is 9.78 Å². The highest BCUT2D eigenvalue weighted by Crippen LogP contribution is 2.64. The molecule has 3 heteroatoms. The monoisotopic (exact) mass is 308 g/mol. The standard InChI is InChI=1S/C20H24N2O/c1-2-4-15-7-11-22(12-8-15)19(23)18-16-6-9-20(18,13-16)17-5-3-10-21-14-17/h1,3,5,10,14-16,18H,4,6-9,11-13H2. The van der Waals surface area contributed by atoms with Crippen LogP contribution >= 0.6 is 0 Å². The van der Waals surface area contributed by atoms with E-state index in [1.807, 2.05) is 18.5 Å². The Morgan fingerprint density at radius 2 is 2.22 bits per heavy atom. The number of pyridine rings is 1. The van der Waals surface area contributed by atoms with Gasteiger partial charge in [-0.25, -0.2) is 0 Å². The second kappa shape index (κ2) is 5.67. The van der Waals surface area contributed by atoms with E-state index in [1.54, 1.807) is 0 Å². The smallest absolute Gasteiger partial charge is 0.226 e. The van der Waals surface area contributed by atoms with Gasteiger partial charge in [-0.05, 0) is 55.6 Å². The normalized spacial score (nSPS) is 33.1. The topological polar surface area (TPSA) is 33.2 Å². The van der Waals surface area contributed by atoms with Gasteiger partial charge in [-0.15, -0.1) is 12.3 Å². The summed E-state index contributed by atoms with van der Waals surface area (Å²) in [4.78, 5) is 19.6. The SMILES string of the molecule is C#CCC1CCN(C(=O)C2C3CCC2(c2cccnc2)C3)CC1. The van der Waals surface area contributed by atoms with E-state index in [1.165, 1.54) is 18.4 Å². The highest BCUT2D eigenvalue weighted by atomic mass is 16.2. The fraction of sp³-hybridized carbons (Fsp3) is 0.600. The summed E-state index contributed by atoms with van der Waals surface area (Å²) in [6.45, 7) is 1.77. The molecule has 3 saturated carbocycles. The molecule has 1 aromatic heterocycles. The number of fused-ring (bicyclic) bond motifs is 1. The third kappa shape index (κ3) is 2.27. The van der Waals surface area contributed by atoms with Crippen LogP contribution in [0.4, 0.5) is 0 Å². The Labute approximate surface area is 138 Å². The minimum absolute atomic E-state index is 0.0751. The second-order valence-electron chi connectivity index (χ2n) is 7.56. The maximum Gasteiger partial charge on any atom is 0.226 e. The number of hydrogen-bond donors (Lipinski definition) is 0. The van der Waals surface area contributed by atoms with Gasteiger partial charge in [0, 0.05) is 37.3 Å². The van der Waals surface area contributed by atoms with Gasteiger partial charge in [0.15, 0.2) is 0 Å². The number of carbonyl (C=O) groups excluding carboxylic acids is 1. The molecule has 1 aromatic rings. The van der Waals surface area contributed by atoms with Crippen molar-refractivity contribution >= 4 is 5.91 Å². The molecule has 3 aliphatic carbocycles. The lowest BCUT2D eigenvalue weighted by Gasteiger charge is -2.49. The van der Waals surface area contributed by atoms with Crippen LogP contribution in [0.2, 0.25) is 0 Å². The lowest BCUT2D eigenvalue weighted by Crippen LogP contribution is -2.54. The number of likely N-dealkylation sites (tertiary alicyclic amines) is 1. The van der Waals surface area contributed by atoms with Crippen LogP contribution in [0.3, 0.4) is 0 Å². The zero-order valence-corrected chi connectivity index (χ0v) is 13.6. The summed E-state index contributed by atoms with van der Waals surface area (Å²) in [6, 6.07) is 4.16. The molecule has 1 saturated heterocycles. The first-order valence-electron chi connectivity index (χ1n) is 8.87. The van der Waals surface area contributed by atoms with Crippen LogP contribution in [0, 0.1) is 30.1 Å². The Kier molecular flexibility index (Phi) is 3.64. The average Bonchev–Trinajstić information content (AvgIpc) is 3.17. The van der Waals surface area contributed by atoms with Crippen LogP contribution < -0.4 is 0 Å². The molecule has 1 amide bonds. The van der Waals surface area contributed by atoms with Crippen molar-refractivity contribution in [1.29, 1.82) is 0 Å². The molecule has 2 heterocycles. The molecule has 0 aromatic carbocycles. The first-order valence-corrected chi connectivity index (χ1v) is 8.87. The van der Waals surface area contributed by atoms with E-state index >= 15 is 0 Å². The second-order valence-corrected chi connectivity index (χ2v) is 7.56. The van der Waals surface area contributed by atoms with Gasteiger partial charge >= 0.3 is 0 Å². The number of hydrogen-bond acceptors (Lipinski definition) is 2. The van der Waals surface area contributed by atoms with Crippen molar-refractivity contribution in [3.05, 3.63) is 30.1 Å². The molecule has 2 bridgehead atoms. The first-order chi connectivity index (χ1) is 11.2. The van der Waals surface area contributed by atoms with E-state index in [0.29, 0.717) is 17.7 Å². The molecule has 3 unspecified atom stereocenters. The van der Waals surface area contributed by atoms with Crippen LogP contribution in [-0.4, -0.2) is 28.9 Å².